The Morgan fingerprint density at radius 3 is 2.63 bits per heavy atom. The predicted octanol–water partition coefficient (Wildman–Crippen LogP) is 4.29. The summed E-state index contributed by atoms with van der Waals surface area (Å²) in [5, 5.41) is 3.77. The van der Waals surface area contributed by atoms with Gasteiger partial charge in [-0.15, -0.1) is 0 Å². The fraction of sp³-hybridized carbons (Fsp3) is 0.409. The summed E-state index contributed by atoms with van der Waals surface area (Å²) in [4.78, 5) is 14.8. The number of rotatable bonds is 7. The molecule has 0 unspecified atom stereocenters. The highest BCUT2D eigenvalue weighted by Gasteiger charge is 2.25. The quantitative estimate of drug-likeness (QED) is 0.771. The Bertz CT molecular complexity index is 788. The zero-order chi connectivity index (χ0) is 19.2. The molecule has 1 aliphatic heterocycles. The smallest absolute Gasteiger partial charge is 0.258 e. The minimum Gasteiger partial charge on any atom is -0.483 e. The number of amides is 1. The lowest BCUT2D eigenvalue weighted by atomic mass is 10.1. The van der Waals surface area contributed by atoms with Gasteiger partial charge < -0.3 is 10.1 Å². The monoisotopic (exact) mass is 386 g/mol. The number of nitrogens with zero attached hydrogens (tertiary/aromatic N) is 1. The van der Waals surface area contributed by atoms with Crippen LogP contribution in [-0.2, 0) is 4.79 Å². The van der Waals surface area contributed by atoms with Crippen LogP contribution in [0.3, 0.4) is 0 Å². The fourth-order valence-electron chi connectivity index (χ4n) is 3.52. The number of carbonyl (C=O) groups excluding carboxylic acids is 1. The van der Waals surface area contributed by atoms with Crippen molar-refractivity contribution in [1.82, 2.24) is 10.2 Å². The Hall–Kier alpha value is -2.04. The Morgan fingerprint density at radius 1 is 1.15 bits per heavy atom. The maximum absolute atomic E-state index is 12.4. The summed E-state index contributed by atoms with van der Waals surface area (Å²) < 4.78 is 5.71. The molecule has 27 heavy (non-hydrogen) atoms. The molecule has 1 atom stereocenters. The number of carbonyl (C=O) groups is 1. The van der Waals surface area contributed by atoms with Crippen LogP contribution in [0.4, 0.5) is 0 Å². The summed E-state index contributed by atoms with van der Waals surface area (Å²) in [5.41, 5.74) is 3.29. The van der Waals surface area contributed by atoms with E-state index in [1.165, 1.54) is 12.8 Å². The first kappa shape index (κ1) is 19.7. The molecule has 1 amide bonds. The molecule has 1 N–H and O–H groups in total. The van der Waals surface area contributed by atoms with Crippen LogP contribution in [0.1, 0.15) is 35.6 Å². The molecule has 3 rings (SSSR count). The third-order valence-electron chi connectivity index (χ3n) is 5.25. The molecule has 1 fully saturated rings. The maximum Gasteiger partial charge on any atom is 0.258 e. The summed E-state index contributed by atoms with van der Waals surface area (Å²) >= 11 is 6.42. The van der Waals surface area contributed by atoms with Crippen LogP contribution in [-0.4, -0.2) is 37.0 Å². The van der Waals surface area contributed by atoms with Gasteiger partial charge in [0.05, 0.1) is 6.04 Å². The number of aryl methyl sites for hydroxylation is 1. The van der Waals surface area contributed by atoms with Crippen molar-refractivity contribution < 1.29 is 9.53 Å². The number of halogens is 1. The molecule has 1 aliphatic rings. The summed E-state index contributed by atoms with van der Waals surface area (Å²) in [6.45, 7) is 6.64. The number of benzene rings is 2. The van der Waals surface area contributed by atoms with Crippen molar-refractivity contribution in [2.45, 2.75) is 32.7 Å². The zero-order valence-electron chi connectivity index (χ0n) is 16.0. The zero-order valence-corrected chi connectivity index (χ0v) is 16.8. The normalized spacial score (nSPS) is 15.5. The van der Waals surface area contributed by atoms with Crippen LogP contribution in [0.5, 0.6) is 5.75 Å². The fourth-order valence-corrected chi connectivity index (χ4v) is 3.78. The molecule has 2 aromatic rings. The Balaban J connectivity index is 1.60. The van der Waals surface area contributed by atoms with Crippen LogP contribution in [0.15, 0.2) is 42.5 Å². The molecule has 0 aliphatic carbocycles. The van der Waals surface area contributed by atoms with Crippen molar-refractivity contribution in [2.24, 2.45) is 0 Å². The first-order valence-corrected chi connectivity index (χ1v) is 9.88. The molecule has 0 bridgehead atoms. The van der Waals surface area contributed by atoms with Gasteiger partial charge in [0.1, 0.15) is 5.75 Å². The highest BCUT2D eigenvalue weighted by atomic mass is 35.5. The molecule has 0 aromatic heterocycles. The van der Waals surface area contributed by atoms with E-state index in [0.29, 0.717) is 6.54 Å². The standard InChI is InChI=1S/C22H27ClN2O2/c1-16-8-7-11-21(17(16)2)27-15-22(26)24-14-20(25-12-5-6-13-25)18-9-3-4-10-19(18)23/h3-4,7-11,20H,5-6,12-15H2,1-2H3,(H,24,26)/t20-/m1/s1. The van der Waals surface area contributed by atoms with Crippen molar-refractivity contribution in [2.75, 3.05) is 26.2 Å². The molecular weight excluding hydrogens is 360 g/mol. The highest BCUT2D eigenvalue weighted by molar-refractivity contribution is 6.31. The van der Waals surface area contributed by atoms with E-state index >= 15 is 0 Å². The van der Waals surface area contributed by atoms with Crippen molar-refractivity contribution >= 4 is 17.5 Å². The van der Waals surface area contributed by atoms with Crippen LogP contribution in [0.2, 0.25) is 5.02 Å². The molecule has 1 heterocycles. The number of likely N-dealkylation sites (tertiary alicyclic amines) is 1. The molecule has 0 radical (unpaired) electrons. The second-order valence-corrected chi connectivity index (χ2v) is 7.48. The third-order valence-corrected chi connectivity index (χ3v) is 5.60. The van der Waals surface area contributed by atoms with Gasteiger partial charge in [0.25, 0.3) is 5.91 Å². The lowest BCUT2D eigenvalue weighted by Gasteiger charge is -2.29. The first-order chi connectivity index (χ1) is 13.1. The third kappa shape index (κ3) is 5.02. The van der Waals surface area contributed by atoms with E-state index in [1.54, 1.807) is 0 Å². The average Bonchev–Trinajstić information content (AvgIpc) is 3.19. The van der Waals surface area contributed by atoms with Crippen molar-refractivity contribution in [3.63, 3.8) is 0 Å². The van der Waals surface area contributed by atoms with Crippen LogP contribution in [0, 0.1) is 13.8 Å². The van der Waals surface area contributed by atoms with E-state index in [1.807, 2.05) is 56.3 Å². The van der Waals surface area contributed by atoms with Gasteiger partial charge in [0.15, 0.2) is 6.61 Å². The SMILES string of the molecule is Cc1cccc(OCC(=O)NC[C@H](c2ccccc2Cl)N2CCCC2)c1C. The first-order valence-electron chi connectivity index (χ1n) is 9.50. The molecule has 5 heteroatoms. The van der Waals surface area contributed by atoms with E-state index in [-0.39, 0.29) is 18.6 Å². The molecule has 2 aromatic carbocycles. The lowest BCUT2D eigenvalue weighted by Crippen LogP contribution is -2.38. The van der Waals surface area contributed by atoms with Crippen molar-refractivity contribution in [3.8, 4) is 5.75 Å². The molecule has 0 saturated carbocycles. The van der Waals surface area contributed by atoms with E-state index in [9.17, 15) is 4.79 Å². The lowest BCUT2D eigenvalue weighted by molar-refractivity contribution is -0.123. The summed E-state index contributed by atoms with van der Waals surface area (Å²) in [6, 6.07) is 13.8. The van der Waals surface area contributed by atoms with Crippen LogP contribution >= 0.6 is 11.6 Å². The summed E-state index contributed by atoms with van der Waals surface area (Å²) in [7, 11) is 0. The second-order valence-electron chi connectivity index (χ2n) is 7.07. The molecule has 4 nitrogen and oxygen atoms in total. The number of nitrogens with one attached hydrogen (secondary N) is 1. The Labute approximate surface area is 166 Å². The van der Waals surface area contributed by atoms with Crippen LogP contribution < -0.4 is 10.1 Å². The highest BCUT2D eigenvalue weighted by Crippen LogP contribution is 2.29. The molecule has 1 saturated heterocycles. The van der Waals surface area contributed by atoms with E-state index in [2.05, 4.69) is 10.2 Å². The van der Waals surface area contributed by atoms with Crippen molar-refractivity contribution in [3.05, 3.63) is 64.2 Å². The van der Waals surface area contributed by atoms with Gasteiger partial charge in [0.2, 0.25) is 0 Å². The number of ether oxygens (including phenoxy) is 1. The number of hydrogen-bond donors (Lipinski definition) is 1. The number of hydrogen-bond acceptors (Lipinski definition) is 3. The molecule has 0 spiro atoms. The molecule has 144 valence electrons. The Morgan fingerprint density at radius 2 is 1.89 bits per heavy atom. The average molecular weight is 387 g/mol. The van der Waals surface area contributed by atoms with Crippen molar-refractivity contribution in [1.29, 1.82) is 0 Å². The summed E-state index contributed by atoms with van der Waals surface area (Å²) in [5.74, 6) is 0.638. The largest absolute Gasteiger partial charge is 0.483 e. The van der Waals surface area contributed by atoms with E-state index < -0.39 is 0 Å². The van der Waals surface area contributed by atoms with Crippen LogP contribution in [0.25, 0.3) is 0 Å². The van der Waals surface area contributed by atoms with Gasteiger partial charge in [0, 0.05) is 11.6 Å². The summed E-state index contributed by atoms with van der Waals surface area (Å²) in [6.07, 6.45) is 2.37. The van der Waals surface area contributed by atoms with Gasteiger partial charge >= 0.3 is 0 Å². The van der Waals surface area contributed by atoms with Gasteiger partial charge in [-0.05, 0) is 68.6 Å². The van der Waals surface area contributed by atoms with Gasteiger partial charge in [-0.2, -0.15) is 0 Å². The predicted molar refractivity (Wildman–Crippen MR) is 109 cm³/mol. The Kier molecular flexibility index (Phi) is 6.75. The molecular formula is C22H27ClN2O2. The maximum atomic E-state index is 12.4. The van der Waals surface area contributed by atoms with E-state index in [0.717, 1.165) is 40.6 Å². The topological polar surface area (TPSA) is 41.6 Å². The minimum absolute atomic E-state index is 0.0134. The van der Waals surface area contributed by atoms with E-state index in [4.69, 9.17) is 16.3 Å². The van der Waals surface area contributed by atoms with Gasteiger partial charge in [-0.1, -0.05) is 41.9 Å². The minimum atomic E-state index is -0.118. The van der Waals surface area contributed by atoms with Gasteiger partial charge in [-0.3, -0.25) is 9.69 Å². The second kappa shape index (κ2) is 9.25. The van der Waals surface area contributed by atoms with Gasteiger partial charge in [-0.25, -0.2) is 0 Å².